The lowest BCUT2D eigenvalue weighted by Gasteiger charge is -2.19. The molecule has 0 aliphatic rings. The van der Waals surface area contributed by atoms with Crippen molar-refractivity contribution >= 4 is 12.1 Å². The zero-order valence-corrected chi connectivity index (χ0v) is 14.5. The minimum atomic E-state index is -1.54. The maximum Gasteiger partial charge on any atom is 0.407 e. The fourth-order valence-electron chi connectivity index (χ4n) is 2.15. The van der Waals surface area contributed by atoms with Crippen LogP contribution in [-0.4, -0.2) is 39.1 Å². The van der Waals surface area contributed by atoms with E-state index in [1.165, 1.54) is 23.1 Å². The van der Waals surface area contributed by atoms with E-state index in [-0.39, 0.29) is 24.2 Å². The number of aromatic nitrogens is 2. The van der Waals surface area contributed by atoms with Gasteiger partial charge in [-0.1, -0.05) is 6.07 Å². The third-order valence-corrected chi connectivity index (χ3v) is 3.27. The van der Waals surface area contributed by atoms with E-state index < -0.39 is 34.9 Å². The van der Waals surface area contributed by atoms with Crippen LogP contribution in [0.25, 0.3) is 11.1 Å². The lowest BCUT2D eigenvalue weighted by molar-refractivity contribution is 0.0525. The van der Waals surface area contributed by atoms with Gasteiger partial charge in [-0.15, -0.1) is 0 Å². The van der Waals surface area contributed by atoms with Gasteiger partial charge in [0.25, 0.3) is 0 Å². The number of hydrogen-bond acceptors (Lipinski definition) is 4. The van der Waals surface area contributed by atoms with Gasteiger partial charge in [0.15, 0.2) is 11.6 Å². The molecule has 1 aromatic heterocycles. The molecule has 1 heterocycles. The molecule has 0 bridgehead atoms. The number of nitrogens with zero attached hydrogens (tertiary/aromatic N) is 2. The van der Waals surface area contributed by atoms with Gasteiger partial charge in [0.2, 0.25) is 0 Å². The van der Waals surface area contributed by atoms with Crippen LogP contribution in [0.5, 0.6) is 0 Å². The van der Waals surface area contributed by atoms with Gasteiger partial charge in [-0.05, 0) is 26.8 Å². The van der Waals surface area contributed by atoms with Crippen molar-refractivity contribution in [3.63, 3.8) is 0 Å². The van der Waals surface area contributed by atoms with Crippen LogP contribution in [0.3, 0.4) is 0 Å². The molecule has 0 fully saturated rings. The summed E-state index contributed by atoms with van der Waals surface area (Å²) < 4.78 is 34.4. The standard InChI is InChI=1S/C17H19F2N3O4/c1-17(2,3)26-16(25)20-6-7-22-9-10(8-21-22)11-4-5-12(15(23)24)14(19)13(11)18/h4-5,8-9H,6-7H2,1-3H3,(H,20,25)(H,23,24). The average Bonchev–Trinajstić information content (AvgIpc) is 2.96. The molecule has 0 aliphatic heterocycles. The Morgan fingerprint density at radius 2 is 1.96 bits per heavy atom. The van der Waals surface area contributed by atoms with Crippen LogP contribution in [0.15, 0.2) is 24.5 Å². The molecule has 0 aliphatic carbocycles. The Labute approximate surface area is 148 Å². The number of rotatable bonds is 5. The van der Waals surface area contributed by atoms with Gasteiger partial charge < -0.3 is 15.2 Å². The normalized spacial score (nSPS) is 11.3. The van der Waals surface area contributed by atoms with E-state index in [4.69, 9.17) is 9.84 Å². The molecule has 0 saturated heterocycles. The summed E-state index contributed by atoms with van der Waals surface area (Å²) in [6, 6.07) is 2.18. The topological polar surface area (TPSA) is 93.5 Å². The molecule has 2 rings (SSSR count). The highest BCUT2D eigenvalue weighted by molar-refractivity contribution is 5.88. The first kappa shape index (κ1) is 19.4. The molecule has 140 valence electrons. The molecule has 1 amide bonds. The van der Waals surface area contributed by atoms with Crippen molar-refractivity contribution < 1.29 is 28.2 Å². The lowest BCUT2D eigenvalue weighted by Crippen LogP contribution is -2.34. The number of carbonyl (C=O) groups is 2. The molecular formula is C17H19F2N3O4. The highest BCUT2D eigenvalue weighted by Crippen LogP contribution is 2.26. The summed E-state index contributed by atoms with van der Waals surface area (Å²) in [7, 11) is 0. The maximum absolute atomic E-state index is 14.1. The van der Waals surface area contributed by atoms with E-state index in [1.807, 2.05) is 0 Å². The number of carboxylic acid groups (broad SMARTS) is 1. The summed E-state index contributed by atoms with van der Waals surface area (Å²) in [5, 5.41) is 15.4. The monoisotopic (exact) mass is 367 g/mol. The Balaban J connectivity index is 2.03. The summed E-state index contributed by atoms with van der Waals surface area (Å²) in [5.41, 5.74) is -1.15. The summed E-state index contributed by atoms with van der Waals surface area (Å²) >= 11 is 0. The number of nitrogens with one attached hydrogen (secondary N) is 1. The molecule has 2 aromatic rings. The predicted octanol–water partition coefficient (Wildman–Crippen LogP) is 3.05. The van der Waals surface area contributed by atoms with Crippen LogP contribution < -0.4 is 5.32 Å². The lowest BCUT2D eigenvalue weighted by atomic mass is 10.1. The van der Waals surface area contributed by atoms with Crippen molar-refractivity contribution in [3.8, 4) is 11.1 Å². The molecular weight excluding hydrogens is 348 g/mol. The summed E-state index contributed by atoms with van der Waals surface area (Å²) in [4.78, 5) is 22.4. The fraction of sp³-hybridized carbons (Fsp3) is 0.353. The molecule has 7 nitrogen and oxygen atoms in total. The maximum atomic E-state index is 14.1. The van der Waals surface area contributed by atoms with Gasteiger partial charge in [0.1, 0.15) is 5.60 Å². The van der Waals surface area contributed by atoms with E-state index in [1.54, 1.807) is 20.8 Å². The second-order valence-electron chi connectivity index (χ2n) is 6.51. The predicted molar refractivity (Wildman–Crippen MR) is 88.8 cm³/mol. The SMILES string of the molecule is CC(C)(C)OC(=O)NCCn1cc(-c2ccc(C(=O)O)c(F)c2F)cn1. The second-order valence-corrected chi connectivity index (χ2v) is 6.51. The average molecular weight is 367 g/mol. The van der Waals surface area contributed by atoms with E-state index in [0.717, 1.165) is 6.07 Å². The van der Waals surface area contributed by atoms with Crippen LogP contribution in [0.1, 0.15) is 31.1 Å². The molecule has 2 N–H and O–H groups in total. The molecule has 26 heavy (non-hydrogen) atoms. The number of halogens is 2. The highest BCUT2D eigenvalue weighted by Gasteiger charge is 2.19. The van der Waals surface area contributed by atoms with Crippen LogP contribution in [0.2, 0.25) is 0 Å². The molecule has 9 heteroatoms. The number of aromatic carboxylic acids is 1. The van der Waals surface area contributed by atoms with E-state index in [9.17, 15) is 18.4 Å². The van der Waals surface area contributed by atoms with Crippen LogP contribution in [0.4, 0.5) is 13.6 Å². The Morgan fingerprint density at radius 3 is 2.58 bits per heavy atom. The van der Waals surface area contributed by atoms with Crippen LogP contribution >= 0.6 is 0 Å². The second kappa shape index (κ2) is 7.51. The molecule has 0 spiro atoms. The summed E-state index contributed by atoms with van der Waals surface area (Å²) in [6.45, 7) is 5.75. The minimum Gasteiger partial charge on any atom is -0.478 e. The van der Waals surface area contributed by atoms with E-state index in [0.29, 0.717) is 0 Å². The number of carbonyl (C=O) groups excluding carboxylic acids is 1. The first-order valence-corrected chi connectivity index (χ1v) is 7.79. The minimum absolute atomic E-state index is 0.0983. The van der Waals surface area contributed by atoms with Crippen molar-refractivity contribution in [3.05, 3.63) is 41.7 Å². The van der Waals surface area contributed by atoms with Crippen molar-refractivity contribution in [2.45, 2.75) is 32.9 Å². The first-order chi connectivity index (χ1) is 12.1. The molecule has 0 radical (unpaired) electrons. The number of hydrogen-bond donors (Lipinski definition) is 2. The van der Waals surface area contributed by atoms with Gasteiger partial charge in [0, 0.05) is 23.9 Å². The fourth-order valence-corrected chi connectivity index (χ4v) is 2.15. The number of ether oxygens (including phenoxy) is 1. The number of amides is 1. The van der Waals surface area contributed by atoms with E-state index >= 15 is 0 Å². The largest absolute Gasteiger partial charge is 0.478 e. The molecule has 0 saturated carbocycles. The zero-order chi connectivity index (χ0) is 19.5. The van der Waals surface area contributed by atoms with Crippen molar-refractivity contribution in [2.24, 2.45) is 0 Å². The smallest absolute Gasteiger partial charge is 0.407 e. The summed E-state index contributed by atoms with van der Waals surface area (Å²) in [5.74, 6) is -4.22. The van der Waals surface area contributed by atoms with E-state index in [2.05, 4.69) is 10.4 Å². The molecule has 1 aromatic carbocycles. The third-order valence-electron chi connectivity index (χ3n) is 3.27. The van der Waals surface area contributed by atoms with Gasteiger partial charge in [0.05, 0.1) is 18.3 Å². The third kappa shape index (κ3) is 4.78. The number of carboxylic acids is 1. The number of benzene rings is 1. The van der Waals surface area contributed by atoms with Gasteiger partial charge in [-0.2, -0.15) is 5.10 Å². The van der Waals surface area contributed by atoms with Gasteiger partial charge >= 0.3 is 12.1 Å². The van der Waals surface area contributed by atoms with Crippen molar-refractivity contribution in [1.82, 2.24) is 15.1 Å². The van der Waals surface area contributed by atoms with Crippen LogP contribution in [0, 0.1) is 11.6 Å². The Hall–Kier alpha value is -2.97. The Bertz CT molecular complexity index is 828. The summed E-state index contributed by atoms with van der Waals surface area (Å²) in [6.07, 6.45) is 2.23. The molecule has 0 unspecified atom stereocenters. The Morgan fingerprint density at radius 1 is 1.27 bits per heavy atom. The van der Waals surface area contributed by atoms with Crippen LogP contribution in [-0.2, 0) is 11.3 Å². The first-order valence-electron chi connectivity index (χ1n) is 7.79. The zero-order valence-electron chi connectivity index (χ0n) is 14.5. The Kier molecular flexibility index (Phi) is 5.59. The highest BCUT2D eigenvalue weighted by atomic mass is 19.2. The molecule has 0 atom stereocenters. The van der Waals surface area contributed by atoms with Gasteiger partial charge in [-0.25, -0.2) is 18.4 Å². The number of alkyl carbamates (subject to hydrolysis) is 1. The van der Waals surface area contributed by atoms with Crippen molar-refractivity contribution in [2.75, 3.05) is 6.54 Å². The van der Waals surface area contributed by atoms with Gasteiger partial charge in [-0.3, -0.25) is 4.68 Å². The quantitative estimate of drug-likeness (QED) is 0.847. The van der Waals surface area contributed by atoms with Crippen molar-refractivity contribution in [1.29, 1.82) is 0 Å².